The average Bonchev–Trinajstić information content (AvgIpc) is 2.55. The maximum absolute atomic E-state index is 11.9. The molecule has 122 valence electrons. The minimum Gasteiger partial charge on any atom is -0.355 e. The second kappa shape index (κ2) is 8.24. The van der Waals surface area contributed by atoms with Gasteiger partial charge in [-0.15, -0.1) is 0 Å². The van der Waals surface area contributed by atoms with Crippen LogP contribution in [0, 0.1) is 5.92 Å². The fourth-order valence-electron chi connectivity index (χ4n) is 2.59. The number of nitrogens with one attached hydrogen (secondary N) is 2. The molecule has 0 unspecified atom stereocenters. The summed E-state index contributed by atoms with van der Waals surface area (Å²) >= 11 is 0. The highest BCUT2D eigenvalue weighted by Gasteiger charge is 2.21. The van der Waals surface area contributed by atoms with E-state index < -0.39 is 10.0 Å². The highest BCUT2D eigenvalue weighted by atomic mass is 32.2. The van der Waals surface area contributed by atoms with Gasteiger partial charge in [0.25, 0.3) is 0 Å². The molecule has 1 amide bonds. The molecule has 1 fully saturated rings. The van der Waals surface area contributed by atoms with Crippen LogP contribution in [0.25, 0.3) is 0 Å². The Kier molecular flexibility index (Phi) is 6.33. The topological polar surface area (TPSA) is 88.2 Å². The molecule has 2 rings (SSSR count). The van der Waals surface area contributed by atoms with Crippen LogP contribution in [-0.2, 0) is 21.4 Å². The third-order valence-corrected chi connectivity index (χ3v) is 5.19. The van der Waals surface area contributed by atoms with Crippen LogP contribution in [0.1, 0.15) is 37.7 Å². The number of hydrogen-bond acceptors (Lipinski definition) is 4. The molecule has 1 aromatic rings. The van der Waals surface area contributed by atoms with E-state index in [9.17, 15) is 13.2 Å². The van der Waals surface area contributed by atoms with E-state index >= 15 is 0 Å². The van der Waals surface area contributed by atoms with Crippen LogP contribution in [0.2, 0.25) is 0 Å². The van der Waals surface area contributed by atoms with Crippen molar-refractivity contribution in [3.8, 4) is 0 Å². The quantitative estimate of drug-likeness (QED) is 0.788. The molecule has 0 saturated heterocycles. The van der Waals surface area contributed by atoms with Crippen LogP contribution in [0.3, 0.4) is 0 Å². The van der Waals surface area contributed by atoms with Gasteiger partial charge in [0.15, 0.2) is 0 Å². The summed E-state index contributed by atoms with van der Waals surface area (Å²) in [6.45, 7) is 0.366. The lowest BCUT2D eigenvalue weighted by Crippen LogP contribution is -2.37. The minimum absolute atomic E-state index is 0.0119. The lowest BCUT2D eigenvalue weighted by Gasteiger charge is -2.20. The van der Waals surface area contributed by atoms with E-state index in [1.54, 1.807) is 24.5 Å². The molecule has 2 N–H and O–H groups in total. The summed E-state index contributed by atoms with van der Waals surface area (Å²) in [6, 6.07) is 3.56. The molecule has 1 aliphatic carbocycles. The fourth-order valence-corrected chi connectivity index (χ4v) is 3.49. The number of carbonyl (C=O) groups is 1. The Labute approximate surface area is 131 Å². The Morgan fingerprint density at radius 3 is 2.73 bits per heavy atom. The number of nitrogens with zero attached hydrogens (tertiary/aromatic N) is 1. The number of hydrogen-bond donors (Lipinski definition) is 2. The Bertz CT molecular complexity index is 569. The molecule has 1 heterocycles. The molecule has 0 spiro atoms. The summed E-state index contributed by atoms with van der Waals surface area (Å²) in [6.07, 6.45) is 8.45. The first-order valence-electron chi connectivity index (χ1n) is 7.71. The molecule has 1 aliphatic rings. The predicted molar refractivity (Wildman–Crippen MR) is 84.4 cm³/mol. The lowest BCUT2D eigenvalue weighted by atomic mass is 9.89. The van der Waals surface area contributed by atoms with Gasteiger partial charge in [0, 0.05) is 31.4 Å². The molecule has 0 aromatic carbocycles. The van der Waals surface area contributed by atoms with Crippen molar-refractivity contribution < 1.29 is 13.2 Å². The Balaban J connectivity index is 1.69. The number of aromatic nitrogens is 1. The molecule has 0 radical (unpaired) electrons. The van der Waals surface area contributed by atoms with Gasteiger partial charge in [-0.05, 0) is 24.5 Å². The van der Waals surface area contributed by atoms with Crippen LogP contribution in [-0.4, -0.2) is 31.6 Å². The monoisotopic (exact) mass is 325 g/mol. The molecular formula is C15H23N3O3S. The third kappa shape index (κ3) is 5.73. The highest BCUT2D eigenvalue weighted by Crippen LogP contribution is 2.23. The van der Waals surface area contributed by atoms with Gasteiger partial charge in [-0.2, -0.15) is 0 Å². The summed E-state index contributed by atoms with van der Waals surface area (Å²) in [7, 11) is -3.40. The molecule has 0 aliphatic heterocycles. The smallest absolute Gasteiger partial charge is 0.223 e. The molecule has 0 bridgehead atoms. The van der Waals surface area contributed by atoms with Crippen molar-refractivity contribution in [3.05, 3.63) is 30.1 Å². The first kappa shape index (κ1) is 16.9. The van der Waals surface area contributed by atoms with E-state index in [4.69, 9.17) is 0 Å². The minimum atomic E-state index is -3.40. The SMILES string of the molecule is O=C(NCCS(=O)(=O)NCc1cccnc1)C1CCCCC1. The van der Waals surface area contributed by atoms with Crippen LogP contribution < -0.4 is 10.0 Å². The largest absolute Gasteiger partial charge is 0.355 e. The average molecular weight is 325 g/mol. The second-order valence-electron chi connectivity index (χ2n) is 5.63. The number of carbonyl (C=O) groups excluding carboxylic acids is 1. The van der Waals surface area contributed by atoms with Crippen molar-refractivity contribution >= 4 is 15.9 Å². The number of sulfonamides is 1. The maximum atomic E-state index is 11.9. The predicted octanol–water partition coefficient (Wildman–Crippen LogP) is 1.20. The van der Waals surface area contributed by atoms with Crippen molar-refractivity contribution in [2.24, 2.45) is 5.92 Å². The maximum Gasteiger partial charge on any atom is 0.223 e. The summed E-state index contributed by atoms with van der Waals surface area (Å²) in [5, 5.41) is 2.74. The molecule has 22 heavy (non-hydrogen) atoms. The first-order chi connectivity index (χ1) is 10.6. The third-order valence-electron chi connectivity index (χ3n) is 3.86. The van der Waals surface area contributed by atoms with Crippen molar-refractivity contribution in [2.75, 3.05) is 12.3 Å². The van der Waals surface area contributed by atoms with Crippen molar-refractivity contribution in [1.29, 1.82) is 0 Å². The van der Waals surface area contributed by atoms with Gasteiger partial charge >= 0.3 is 0 Å². The molecule has 0 atom stereocenters. The van der Waals surface area contributed by atoms with Crippen molar-refractivity contribution in [3.63, 3.8) is 0 Å². The molecule has 1 saturated carbocycles. The van der Waals surface area contributed by atoms with Gasteiger partial charge < -0.3 is 5.32 Å². The van der Waals surface area contributed by atoms with E-state index in [1.165, 1.54) is 6.42 Å². The van der Waals surface area contributed by atoms with Gasteiger partial charge in [0.2, 0.25) is 15.9 Å². The van der Waals surface area contributed by atoms with Gasteiger partial charge in [-0.3, -0.25) is 9.78 Å². The molecular weight excluding hydrogens is 302 g/mol. The molecule has 6 nitrogen and oxygen atoms in total. The Morgan fingerprint density at radius 2 is 2.05 bits per heavy atom. The summed E-state index contributed by atoms with van der Waals surface area (Å²) in [4.78, 5) is 15.9. The zero-order valence-electron chi connectivity index (χ0n) is 12.6. The lowest BCUT2D eigenvalue weighted by molar-refractivity contribution is -0.125. The Hall–Kier alpha value is -1.47. The fraction of sp³-hybridized carbons (Fsp3) is 0.600. The highest BCUT2D eigenvalue weighted by molar-refractivity contribution is 7.89. The normalized spacial score (nSPS) is 16.4. The van der Waals surface area contributed by atoms with E-state index in [0.29, 0.717) is 0 Å². The zero-order valence-corrected chi connectivity index (χ0v) is 13.4. The van der Waals surface area contributed by atoms with E-state index in [-0.39, 0.29) is 30.7 Å². The Morgan fingerprint density at radius 1 is 1.27 bits per heavy atom. The van der Waals surface area contributed by atoms with E-state index in [1.807, 2.05) is 0 Å². The second-order valence-corrected chi connectivity index (χ2v) is 7.55. The van der Waals surface area contributed by atoms with Gasteiger partial charge in [0.05, 0.1) is 5.75 Å². The van der Waals surface area contributed by atoms with Crippen molar-refractivity contribution in [1.82, 2.24) is 15.0 Å². The number of rotatable bonds is 7. The molecule has 1 aromatic heterocycles. The van der Waals surface area contributed by atoms with Gasteiger partial charge in [-0.1, -0.05) is 25.3 Å². The summed E-state index contributed by atoms with van der Waals surface area (Å²) in [5.41, 5.74) is 0.803. The van der Waals surface area contributed by atoms with Gasteiger partial charge in [0.1, 0.15) is 0 Å². The first-order valence-corrected chi connectivity index (χ1v) is 9.36. The van der Waals surface area contributed by atoms with Gasteiger partial charge in [-0.25, -0.2) is 13.1 Å². The van der Waals surface area contributed by atoms with E-state index in [2.05, 4.69) is 15.0 Å². The van der Waals surface area contributed by atoms with Crippen molar-refractivity contribution in [2.45, 2.75) is 38.6 Å². The molecule has 7 heteroatoms. The zero-order chi connectivity index (χ0) is 15.8. The van der Waals surface area contributed by atoms with E-state index in [0.717, 1.165) is 31.2 Å². The van der Waals surface area contributed by atoms with Crippen LogP contribution in [0.4, 0.5) is 0 Å². The van der Waals surface area contributed by atoms with Crippen LogP contribution >= 0.6 is 0 Å². The standard InChI is InChI=1S/C15H23N3O3S/c19-15(14-6-2-1-3-7-14)17-9-10-22(20,21)18-12-13-5-4-8-16-11-13/h4-5,8,11,14,18H,1-3,6-7,9-10,12H2,(H,17,19). The number of amides is 1. The van der Waals surface area contributed by atoms with Crippen LogP contribution in [0.5, 0.6) is 0 Å². The van der Waals surface area contributed by atoms with Crippen LogP contribution in [0.15, 0.2) is 24.5 Å². The summed E-state index contributed by atoms with van der Waals surface area (Å²) in [5.74, 6) is -0.0619. The summed E-state index contributed by atoms with van der Waals surface area (Å²) < 4.78 is 26.3. The number of pyridine rings is 1.